The zero-order chi connectivity index (χ0) is 16.4. The molecule has 0 aliphatic carbocycles. The average Bonchev–Trinajstić information content (AvgIpc) is 2.55. The predicted octanol–water partition coefficient (Wildman–Crippen LogP) is 1.98. The third-order valence-electron chi connectivity index (χ3n) is 3.97. The summed E-state index contributed by atoms with van der Waals surface area (Å²) >= 11 is 5.83. The van der Waals surface area contributed by atoms with Crippen molar-refractivity contribution in [3.8, 4) is 0 Å². The lowest BCUT2D eigenvalue weighted by molar-refractivity contribution is -0.0468. The molecule has 2 N–H and O–H groups in total. The third kappa shape index (κ3) is 3.13. The van der Waals surface area contributed by atoms with Crippen LogP contribution in [-0.2, 0) is 10.3 Å². The Kier molecular flexibility index (Phi) is 4.19. The van der Waals surface area contributed by atoms with E-state index in [0.717, 1.165) is 5.56 Å². The molecule has 1 aliphatic rings. The molecule has 1 amide bonds. The van der Waals surface area contributed by atoms with Gasteiger partial charge in [0.1, 0.15) is 5.60 Å². The predicted molar refractivity (Wildman–Crippen MR) is 87.5 cm³/mol. The molecule has 0 bridgehead atoms. The number of nitrogens with two attached hydrogens (primary N) is 1. The van der Waals surface area contributed by atoms with Gasteiger partial charge in [-0.25, -0.2) is 0 Å². The van der Waals surface area contributed by atoms with E-state index < -0.39 is 11.5 Å². The largest absolute Gasteiger partial charge is 0.367 e. The second-order valence-electron chi connectivity index (χ2n) is 5.64. The van der Waals surface area contributed by atoms with Crippen LogP contribution >= 0.6 is 11.6 Å². The molecule has 1 fully saturated rings. The van der Waals surface area contributed by atoms with Crippen LogP contribution in [0.5, 0.6) is 0 Å². The van der Waals surface area contributed by atoms with Crippen molar-refractivity contribution in [2.24, 2.45) is 5.73 Å². The Balaban J connectivity index is 1.95. The van der Waals surface area contributed by atoms with Crippen LogP contribution in [-0.4, -0.2) is 35.8 Å². The van der Waals surface area contributed by atoms with Crippen LogP contribution in [0.15, 0.2) is 36.4 Å². The monoisotopic (exact) mass is 332 g/mol. The first kappa shape index (κ1) is 15.7. The second-order valence-corrected chi connectivity index (χ2v) is 6.02. The topological polar surface area (TPSA) is 81.3 Å². The van der Waals surface area contributed by atoms with Crippen LogP contribution in [0.25, 0.3) is 0 Å². The molecule has 1 unspecified atom stereocenters. The van der Waals surface area contributed by atoms with Gasteiger partial charge in [0.05, 0.1) is 18.7 Å². The summed E-state index contributed by atoms with van der Waals surface area (Å²) in [6, 6.07) is 11.4. The number of hydrogen-bond acceptors (Lipinski definition) is 5. The highest BCUT2D eigenvalue weighted by Gasteiger charge is 2.35. The number of hydrogen-bond donors (Lipinski definition) is 1. The van der Waals surface area contributed by atoms with Crippen molar-refractivity contribution in [3.05, 3.63) is 52.7 Å². The number of nitrogens with zero attached hydrogens (tertiary/aromatic N) is 3. The molecule has 7 heteroatoms. The van der Waals surface area contributed by atoms with Crippen molar-refractivity contribution in [3.63, 3.8) is 0 Å². The molecule has 1 atom stereocenters. The molecule has 0 spiro atoms. The Labute approximate surface area is 139 Å². The molecule has 120 valence electrons. The van der Waals surface area contributed by atoms with E-state index in [1.54, 1.807) is 0 Å². The number of ether oxygens (including phenoxy) is 1. The van der Waals surface area contributed by atoms with Gasteiger partial charge in [-0.05, 0) is 18.6 Å². The lowest BCUT2D eigenvalue weighted by Crippen LogP contribution is -2.49. The maximum Gasteiger partial charge on any atom is 0.252 e. The molecule has 1 saturated heterocycles. The summed E-state index contributed by atoms with van der Waals surface area (Å²) in [5, 5.41) is 8.05. The Morgan fingerprint density at radius 1 is 1.35 bits per heavy atom. The van der Waals surface area contributed by atoms with Crippen LogP contribution < -0.4 is 10.6 Å². The van der Waals surface area contributed by atoms with Gasteiger partial charge in [0.2, 0.25) is 0 Å². The molecule has 1 aromatic carbocycles. The first-order valence-electron chi connectivity index (χ1n) is 7.27. The number of primary amides is 1. The molecule has 6 nitrogen and oxygen atoms in total. The zero-order valence-electron chi connectivity index (χ0n) is 12.7. The maximum atomic E-state index is 11.7. The lowest BCUT2D eigenvalue weighted by Gasteiger charge is -2.41. The number of halogens is 1. The van der Waals surface area contributed by atoms with Gasteiger partial charge in [-0.2, -0.15) is 0 Å². The standard InChI is InChI=1S/C16H17ClN4O2/c1-16(11-5-3-2-4-6-11)10-21(7-8-23-16)15-12(14(18)22)9-13(17)19-20-15/h2-6,9H,7-8,10H2,1H3,(H2,18,22). The van der Waals surface area contributed by atoms with Gasteiger partial charge >= 0.3 is 0 Å². The molecule has 2 heterocycles. The fourth-order valence-corrected chi connectivity index (χ4v) is 2.94. The summed E-state index contributed by atoms with van der Waals surface area (Å²) in [4.78, 5) is 13.6. The van der Waals surface area contributed by atoms with Gasteiger partial charge in [0.15, 0.2) is 11.0 Å². The van der Waals surface area contributed by atoms with E-state index in [-0.39, 0.29) is 10.7 Å². The van der Waals surface area contributed by atoms with Gasteiger partial charge in [-0.3, -0.25) is 4.79 Å². The second kappa shape index (κ2) is 6.14. The van der Waals surface area contributed by atoms with Gasteiger partial charge in [-0.15, -0.1) is 10.2 Å². The minimum atomic E-state index is -0.579. The van der Waals surface area contributed by atoms with E-state index in [0.29, 0.717) is 25.5 Å². The molecule has 2 aromatic rings. The number of carbonyl (C=O) groups excluding carboxylic acids is 1. The van der Waals surface area contributed by atoms with Crippen molar-refractivity contribution < 1.29 is 9.53 Å². The first-order valence-corrected chi connectivity index (χ1v) is 7.65. The molecule has 3 rings (SSSR count). The van der Waals surface area contributed by atoms with Crippen molar-refractivity contribution in [2.45, 2.75) is 12.5 Å². The van der Waals surface area contributed by atoms with Crippen molar-refractivity contribution >= 4 is 23.3 Å². The molecule has 1 aromatic heterocycles. The van der Waals surface area contributed by atoms with Gasteiger partial charge in [0, 0.05) is 6.54 Å². The fraction of sp³-hybridized carbons (Fsp3) is 0.312. The van der Waals surface area contributed by atoms with Crippen molar-refractivity contribution in [2.75, 3.05) is 24.6 Å². The van der Waals surface area contributed by atoms with E-state index >= 15 is 0 Å². The number of carbonyl (C=O) groups is 1. The molecule has 0 radical (unpaired) electrons. The Morgan fingerprint density at radius 3 is 2.78 bits per heavy atom. The summed E-state index contributed by atoms with van der Waals surface area (Å²) in [6.45, 7) is 3.66. The van der Waals surface area contributed by atoms with Crippen LogP contribution in [0, 0.1) is 0 Å². The van der Waals surface area contributed by atoms with E-state index in [1.807, 2.05) is 42.2 Å². The van der Waals surface area contributed by atoms with Gasteiger partial charge < -0.3 is 15.4 Å². The fourth-order valence-electron chi connectivity index (χ4n) is 2.79. The smallest absolute Gasteiger partial charge is 0.252 e. The Bertz CT molecular complexity index is 725. The highest BCUT2D eigenvalue weighted by molar-refractivity contribution is 6.29. The van der Waals surface area contributed by atoms with Crippen LogP contribution in [0.3, 0.4) is 0 Å². The quantitative estimate of drug-likeness (QED) is 0.929. The average molecular weight is 333 g/mol. The van der Waals surface area contributed by atoms with Crippen LogP contribution in [0.1, 0.15) is 22.8 Å². The van der Waals surface area contributed by atoms with Crippen molar-refractivity contribution in [1.29, 1.82) is 0 Å². The Morgan fingerprint density at radius 2 is 2.09 bits per heavy atom. The number of amides is 1. The first-order chi connectivity index (χ1) is 11.0. The number of aromatic nitrogens is 2. The Hall–Kier alpha value is -2.18. The summed E-state index contributed by atoms with van der Waals surface area (Å²) in [5.41, 5.74) is 6.27. The van der Waals surface area contributed by atoms with Crippen LogP contribution in [0.4, 0.5) is 5.82 Å². The van der Waals surface area contributed by atoms with E-state index in [1.165, 1.54) is 6.07 Å². The van der Waals surface area contributed by atoms with Gasteiger partial charge in [-0.1, -0.05) is 41.9 Å². The highest BCUT2D eigenvalue weighted by atomic mass is 35.5. The normalized spacial score (nSPS) is 21.2. The summed E-state index contributed by atoms with van der Waals surface area (Å²) in [7, 11) is 0. The van der Waals surface area contributed by atoms with Crippen molar-refractivity contribution in [1.82, 2.24) is 10.2 Å². The summed E-state index contributed by atoms with van der Waals surface area (Å²) in [6.07, 6.45) is 0. The SMILES string of the molecule is CC1(c2ccccc2)CN(c2nnc(Cl)cc2C(N)=O)CCO1. The van der Waals surface area contributed by atoms with E-state index in [4.69, 9.17) is 22.1 Å². The zero-order valence-corrected chi connectivity index (χ0v) is 13.5. The lowest BCUT2D eigenvalue weighted by atomic mass is 9.93. The molecule has 23 heavy (non-hydrogen) atoms. The van der Waals surface area contributed by atoms with E-state index in [9.17, 15) is 4.79 Å². The summed E-state index contributed by atoms with van der Waals surface area (Å²) < 4.78 is 6.00. The van der Waals surface area contributed by atoms with Gasteiger partial charge in [0.25, 0.3) is 5.91 Å². The summed E-state index contributed by atoms with van der Waals surface area (Å²) in [5.74, 6) is -0.142. The number of anilines is 1. The number of benzene rings is 1. The molecular formula is C16H17ClN4O2. The number of morpholine rings is 1. The minimum Gasteiger partial charge on any atom is -0.367 e. The van der Waals surface area contributed by atoms with Crippen LogP contribution in [0.2, 0.25) is 5.15 Å². The molecule has 0 saturated carbocycles. The van der Waals surface area contributed by atoms with E-state index in [2.05, 4.69) is 10.2 Å². The third-order valence-corrected chi connectivity index (χ3v) is 4.15. The molecule has 1 aliphatic heterocycles. The maximum absolute atomic E-state index is 11.7. The molecular weight excluding hydrogens is 316 g/mol. The minimum absolute atomic E-state index is 0.140. The number of rotatable bonds is 3. The highest BCUT2D eigenvalue weighted by Crippen LogP contribution is 2.32.